The molecule has 34 heavy (non-hydrogen) atoms. The van der Waals surface area contributed by atoms with Gasteiger partial charge in [0.15, 0.2) is 17.2 Å². The molecule has 0 fully saturated rings. The van der Waals surface area contributed by atoms with Crippen LogP contribution in [0.3, 0.4) is 0 Å². The number of carbonyl (C=O) groups is 1. The van der Waals surface area contributed by atoms with Crippen molar-refractivity contribution >= 4 is 23.4 Å². The van der Waals surface area contributed by atoms with Crippen molar-refractivity contribution in [2.24, 2.45) is 0 Å². The molecule has 0 N–H and O–H groups in total. The number of anilines is 1. The Labute approximate surface area is 203 Å². The molecular formula is C25H28N4O4S. The minimum absolute atomic E-state index is 0.179. The van der Waals surface area contributed by atoms with Crippen molar-refractivity contribution in [2.45, 2.75) is 44.5 Å². The minimum Gasteiger partial charge on any atom is -0.493 e. The van der Waals surface area contributed by atoms with Crippen molar-refractivity contribution in [1.29, 1.82) is 0 Å². The van der Waals surface area contributed by atoms with Gasteiger partial charge in [0.05, 0.1) is 19.9 Å². The number of unbranched alkanes of at least 4 members (excludes halogenated alkanes) is 2. The Hall–Kier alpha value is -3.33. The molecule has 1 aromatic heterocycles. The number of amides is 1. The lowest BCUT2D eigenvalue weighted by Gasteiger charge is -2.30. The highest BCUT2D eigenvalue weighted by Gasteiger charge is 2.35. The fourth-order valence-electron chi connectivity index (χ4n) is 3.85. The number of rotatable bonds is 8. The average Bonchev–Trinajstić information content (AvgIpc) is 3.00. The third kappa shape index (κ3) is 4.79. The van der Waals surface area contributed by atoms with Gasteiger partial charge in [-0.1, -0.05) is 49.7 Å². The first kappa shape index (κ1) is 23.8. The Bertz CT molecular complexity index is 1170. The van der Waals surface area contributed by atoms with E-state index >= 15 is 0 Å². The molecule has 0 saturated heterocycles. The second-order valence-corrected chi connectivity index (χ2v) is 8.86. The molecule has 8 nitrogen and oxygen atoms in total. The molecule has 0 radical (unpaired) electrons. The number of fused-ring (bicyclic) bond motifs is 3. The van der Waals surface area contributed by atoms with Crippen LogP contribution in [0.1, 0.15) is 44.9 Å². The van der Waals surface area contributed by atoms with Gasteiger partial charge in [-0.25, -0.2) is 0 Å². The predicted molar refractivity (Wildman–Crippen MR) is 132 cm³/mol. The Kier molecular flexibility index (Phi) is 7.52. The fraction of sp³-hybridized carbons (Fsp3) is 0.360. The normalized spacial score (nSPS) is 14.5. The highest BCUT2D eigenvalue weighted by atomic mass is 32.2. The number of para-hydroxylation sites is 1. The van der Waals surface area contributed by atoms with E-state index in [9.17, 15) is 4.79 Å². The molecule has 0 unspecified atom stereocenters. The first-order valence-corrected chi connectivity index (χ1v) is 12.2. The highest BCUT2D eigenvalue weighted by molar-refractivity contribution is 7.99. The van der Waals surface area contributed by atoms with Crippen LogP contribution in [0, 0.1) is 0 Å². The summed E-state index contributed by atoms with van der Waals surface area (Å²) < 4.78 is 17.3. The molecule has 1 aliphatic heterocycles. The standard InChI is InChI=1S/C25H28N4O4S/c1-5-6-9-14-34-25-26-23-22(27-28-25)18-10-7-8-11-19(18)29(16(2)30)24(33-23)17-12-13-20(31-3)21(15-17)32-4/h7-8,10-13,15,24H,5-6,9,14H2,1-4H3/t24-/m1/s1. The molecule has 0 aliphatic carbocycles. The largest absolute Gasteiger partial charge is 0.493 e. The molecule has 1 amide bonds. The van der Waals surface area contributed by atoms with E-state index in [0.29, 0.717) is 39.5 Å². The molecule has 0 bridgehead atoms. The Morgan fingerprint density at radius 1 is 1.09 bits per heavy atom. The molecular weight excluding hydrogens is 452 g/mol. The molecule has 3 aromatic rings. The number of aromatic nitrogens is 3. The van der Waals surface area contributed by atoms with Crippen molar-refractivity contribution in [3.63, 3.8) is 0 Å². The number of hydrogen-bond donors (Lipinski definition) is 0. The van der Waals surface area contributed by atoms with Gasteiger partial charge in [0.2, 0.25) is 23.2 Å². The zero-order valence-electron chi connectivity index (χ0n) is 19.8. The van der Waals surface area contributed by atoms with Crippen molar-refractivity contribution in [3.8, 4) is 28.6 Å². The lowest BCUT2D eigenvalue weighted by Crippen LogP contribution is -2.36. The maximum absolute atomic E-state index is 12.9. The molecule has 1 atom stereocenters. The summed E-state index contributed by atoms with van der Waals surface area (Å²) in [6.45, 7) is 3.68. The van der Waals surface area contributed by atoms with Gasteiger partial charge >= 0.3 is 0 Å². The van der Waals surface area contributed by atoms with Gasteiger partial charge in [0, 0.05) is 23.8 Å². The molecule has 2 heterocycles. The number of methoxy groups -OCH3 is 2. The summed E-state index contributed by atoms with van der Waals surface area (Å²) in [6.07, 6.45) is 2.61. The van der Waals surface area contributed by atoms with Crippen molar-refractivity contribution in [3.05, 3.63) is 48.0 Å². The quantitative estimate of drug-likeness (QED) is 0.318. The number of thioether (sulfide) groups is 1. The van der Waals surface area contributed by atoms with Gasteiger partial charge in [-0.15, -0.1) is 10.2 Å². The lowest BCUT2D eigenvalue weighted by atomic mass is 10.1. The van der Waals surface area contributed by atoms with Crippen LogP contribution in [0.25, 0.3) is 11.3 Å². The molecule has 0 spiro atoms. The van der Waals surface area contributed by atoms with E-state index in [1.54, 1.807) is 36.9 Å². The van der Waals surface area contributed by atoms with E-state index in [0.717, 1.165) is 30.6 Å². The summed E-state index contributed by atoms with van der Waals surface area (Å²) in [4.78, 5) is 19.2. The SMILES string of the molecule is CCCCCSc1nnc2c(n1)O[C@H](c1ccc(OC)c(OC)c1)N(C(C)=O)c1ccccc1-2. The van der Waals surface area contributed by atoms with Crippen molar-refractivity contribution in [2.75, 3.05) is 24.9 Å². The number of hydrogen-bond acceptors (Lipinski definition) is 8. The monoisotopic (exact) mass is 480 g/mol. The van der Waals surface area contributed by atoms with E-state index in [-0.39, 0.29) is 5.91 Å². The first-order chi connectivity index (χ1) is 16.6. The zero-order chi connectivity index (χ0) is 24.1. The maximum Gasteiger partial charge on any atom is 0.247 e. The molecule has 178 valence electrons. The summed E-state index contributed by atoms with van der Waals surface area (Å²) in [7, 11) is 3.15. The number of ether oxygens (including phenoxy) is 3. The van der Waals surface area contributed by atoms with Crippen LogP contribution in [0.5, 0.6) is 17.4 Å². The van der Waals surface area contributed by atoms with E-state index < -0.39 is 6.23 Å². The maximum atomic E-state index is 12.9. The number of benzene rings is 2. The average molecular weight is 481 g/mol. The second-order valence-electron chi connectivity index (χ2n) is 7.79. The molecule has 2 aromatic carbocycles. The van der Waals surface area contributed by atoms with Gasteiger partial charge in [-0.2, -0.15) is 4.98 Å². The third-order valence-corrected chi connectivity index (χ3v) is 6.45. The van der Waals surface area contributed by atoms with E-state index in [4.69, 9.17) is 14.2 Å². The summed E-state index contributed by atoms with van der Waals surface area (Å²) in [5, 5.41) is 9.34. The Morgan fingerprint density at radius 2 is 1.88 bits per heavy atom. The van der Waals surface area contributed by atoms with Gasteiger partial charge in [0.1, 0.15) is 0 Å². The van der Waals surface area contributed by atoms with Crippen molar-refractivity contribution in [1.82, 2.24) is 15.2 Å². The van der Waals surface area contributed by atoms with Gasteiger partial charge in [-0.3, -0.25) is 9.69 Å². The first-order valence-electron chi connectivity index (χ1n) is 11.2. The zero-order valence-corrected chi connectivity index (χ0v) is 20.6. The molecule has 4 rings (SSSR count). The van der Waals surface area contributed by atoms with Crippen LogP contribution in [0.2, 0.25) is 0 Å². The van der Waals surface area contributed by atoms with Crippen LogP contribution in [0.4, 0.5) is 5.69 Å². The van der Waals surface area contributed by atoms with E-state index in [2.05, 4.69) is 22.1 Å². The van der Waals surface area contributed by atoms with Gasteiger partial charge in [-0.05, 0) is 30.7 Å². The summed E-state index contributed by atoms with van der Waals surface area (Å²) >= 11 is 1.55. The molecule has 1 aliphatic rings. The van der Waals surface area contributed by atoms with E-state index in [1.807, 2.05) is 36.4 Å². The summed E-state index contributed by atoms with van der Waals surface area (Å²) in [5.41, 5.74) is 2.63. The van der Waals surface area contributed by atoms with Crippen LogP contribution >= 0.6 is 11.8 Å². The van der Waals surface area contributed by atoms with Crippen LogP contribution in [-0.2, 0) is 4.79 Å². The van der Waals surface area contributed by atoms with E-state index in [1.165, 1.54) is 6.92 Å². The highest BCUT2D eigenvalue weighted by Crippen LogP contribution is 2.44. The number of nitrogens with zero attached hydrogens (tertiary/aromatic N) is 4. The van der Waals surface area contributed by atoms with Crippen molar-refractivity contribution < 1.29 is 19.0 Å². The van der Waals surface area contributed by atoms with Crippen LogP contribution in [-0.4, -0.2) is 41.1 Å². The van der Waals surface area contributed by atoms with Crippen LogP contribution in [0.15, 0.2) is 47.6 Å². The van der Waals surface area contributed by atoms with Gasteiger partial charge < -0.3 is 14.2 Å². The second kappa shape index (κ2) is 10.7. The lowest BCUT2D eigenvalue weighted by molar-refractivity contribution is -0.118. The fourth-order valence-corrected chi connectivity index (χ4v) is 4.63. The topological polar surface area (TPSA) is 86.7 Å². The predicted octanol–water partition coefficient (Wildman–Crippen LogP) is 5.28. The smallest absolute Gasteiger partial charge is 0.247 e. The molecule has 9 heteroatoms. The minimum atomic E-state index is -0.783. The number of carbonyl (C=O) groups excluding carboxylic acids is 1. The Morgan fingerprint density at radius 3 is 2.62 bits per heavy atom. The molecule has 0 saturated carbocycles. The Balaban J connectivity index is 1.81. The summed E-state index contributed by atoms with van der Waals surface area (Å²) in [6, 6.07) is 13.0. The van der Waals surface area contributed by atoms with Crippen LogP contribution < -0.4 is 19.1 Å². The third-order valence-electron chi connectivity index (χ3n) is 5.52. The summed E-state index contributed by atoms with van der Waals surface area (Å²) in [5.74, 6) is 2.19. The van der Waals surface area contributed by atoms with Gasteiger partial charge in [0.25, 0.3) is 0 Å².